The summed E-state index contributed by atoms with van der Waals surface area (Å²) in [6.45, 7) is 2.95. The molecule has 1 aromatic rings. The third-order valence-electron chi connectivity index (χ3n) is 3.60. The Kier molecular flexibility index (Phi) is 5.14. The molecule has 0 spiro atoms. The van der Waals surface area contributed by atoms with Crippen LogP contribution in [-0.2, 0) is 0 Å². The van der Waals surface area contributed by atoms with Crippen molar-refractivity contribution in [3.8, 4) is 0 Å². The van der Waals surface area contributed by atoms with Crippen LogP contribution >= 0.6 is 11.8 Å². The lowest BCUT2D eigenvalue weighted by Crippen LogP contribution is -2.38. The molecule has 2 unspecified atom stereocenters. The van der Waals surface area contributed by atoms with E-state index in [4.69, 9.17) is 0 Å². The van der Waals surface area contributed by atoms with Crippen LogP contribution in [0.2, 0.25) is 0 Å². The minimum absolute atomic E-state index is 0.0500. The summed E-state index contributed by atoms with van der Waals surface area (Å²) in [6, 6.07) is 8.02. The Morgan fingerprint density at radius 2 is 2.05 bits per heavy atom. The first-order chi connectivity index (χ1) is 9.24. The molecule has 0 aromatic heterocycles. The normalized spacial score (nSPS) is 22.2. The molecule has 0 aliphatic heterocycles. The number of carbonyl (C=O) groups is 1. The van der Waals surface area contributed by atoms with E-state index in [1.165, 1.54) is 12.8 Å². The highest BCUT2D eigenvalue weighted by molar-refractivity contribution is 7.99. The van der Waals surface area contributed by atoms with Crippen molar-refractivity contribution in [1.82, 2.24) is 5.32 Å². The van der Waals surface area contributed by atoms with Crippen molar-refractivity contribution < 1.29 is 4.79 Å². The molecule has 0 radical (unpaired) electrons. The molecular weight excluding hydrogens is 256 g/mol. The van der Waals surface area contributed by atoms with Gasteiger partial charge in [-0.1, -0.05) is 6.42 Å². The van der Waals surface area contributed by atoms with Gasteiger partial charge in [0.15, 0.2) is 0 Å². The number of nitrogens with one attached hydrogen (secondary N) is 2. The minimum atomic E-state index is 0.0500. The number of carbonyl (C=O) groups excluding carboxylic acids is 1. The molecule has 3 nitrogen and oxygen atoms in total. The zero-order valence-corrected chi connectivity index (χ0v) is 12.4. The van der Waals surface area contributed by atoms with Crippen molar-refractivity contribution >= 4 is 23.4 Å². The minimum Gasteiger partial charge on any atom is -0.385 e. The Balaban J connectivity index is 1.95. The van der Waals surface area contributed by atoms with Crippen LogP contribution in [-0.4, -0.2) is 30.0 Å². The second-order valence-electron chi connectivity index (χ2n) is 4.89. The summed E-state index contributed by atoms with van der Waals surface area (Å²) in [4.78, 5) is 12.2. The van der Waals surface area contributed by atoms with E-state index in [0.29, 0.717) is 11.3 Å². The van der Waals surface area contributed by atoms with Gasteiger partial charge in [0, 0.05) is 29.1 Å². The molecule has 0 heterocycles. The van der Waals surface area contributed by atoms with Crippen molar-refractivity contribution in [2.45, 2.75) is 37.5 Å². The summed E-state index contributed by atoms with van der Waals surface area (Å²) >= 11 is 1.86. The fourth-order valence-corrected chi connectivity index (χ4v) is 3.50. The molecule has 1 aliphatic rings. The molecule has 4 heteroatoms. The first-order valence-electron chi connectivity index (χ1n) is 6.92. The van der Waals surface area contributed by atoms with Crippen molar-refractivity contribution in [3.05, 3.63) is 29.8 Å². The van der Waals surface area contributed by atoms with E-state index in [0.717, 1.165) is 24.2 Å². The standard InChI is InChI=1S/C15H22N2OS/c1-3-16-12-9-7-11(8-10-12)15(18)17-13-5-4-6-14(13)19-2/h7-10,13-14,16H,3-6H2,1-2H3,(H,17,18). The zero-order chi connectivity index (χ0) is 13.7. The Bertz CT molecular complexity index is 419. The number of amides is 1. The summed E-state index contributed by atoms with van der Waals surface area (Å²) in [5, 5.41) is 6.97. The second kappa shape index (κ2) is 6.85. The summed E-state index contributed by atoms with van der Waals surface area (Å²) in [6.07, 6.45) is 5.66. The van der Waals surface area contributed by atoms with Crippen molar-refractivity contribution in [2.75, 3.05) is 18.1 Å². The molecule has 0 bridgehead atoms. The number of hydrogen-bond donors (Lipinski definition) is 2. The van der Waals surface area contributed by atoms with Gasteiger partial charge in [0.1, 0.15) is 0 Å². The highest BCUT2D eigenvalue weighted by Gasteiger charge is 2.27. The molecule has 1 amide bonds. The highest BCUT2D eigenvalue weighted by atomic mass is 32.2. The van der Waals surface area contributed by atoms with E-state index in [-0.39, 0.29) is 5.91 Å². The number of thioether (sulfide) groups is 1. The average molecular weight is 278 g/mol. The van der Waals surface area contributed by atoms with E-state index in [1.807, 2.05) is 36.0 Å². The molecule has 19 heavy (non-hydrogen) atoms. The molecular formula is C15H22N2OS. The van der Waals surface area contributed by atoms with Crippen LogP contribution in [0.4, 0.5) is 5.69 Å². The van der Waals surface area contributed by atoms with E-state index in [1.54, 1.807) is 0 Å². The fraction of sp³-hybridized carbons (Fsp3) is 0.533. The largest absolute Gasteiger partial charge is 0.385 e. The molecule has 104 valence electrons. The molecule has 2 N–H and O–H groups in total. The first kappa shape index (κ1) is 14.3. The molecule has 0 saturated heterocycles. The van der Waals surface area contributed by atoms with Gasteiger partial charge in [0.2, 0.25) is 0 Å². The maximum Gasteiger partial charge on any atom is 0.251 e. The van der Waals surface area contributed by atoms with Crippen LogP contribution in [0, 0.1) is 0 Å². The quantitative estimate of drug-likeness (QED) is 0.869. The lowest BCUT2D eigenvalue weighted by Gasteiger charge is -2.19. The second-order valence-corrected chi connectivity index (χ2v) is 5.97. The SMILES string of the molecule is CCNc1ccc(C(=O)NC2CCCC2SC)cc1. The number of rotatable bonds is 5. The van der Waals surface area contributed by atoms with Crippen LogP contribution in [0.15, 0.2) is 24.3 Å². The zero-order valence-electron chi connectivity index (χ0n) is 11.6. The number of anilines is 1. The number of benzene rings is 1. The topological polar surface area (TPSA) is 41.1 Å². The van der Waals surface area contributed by atoms with Gasteiger partial charge in [-0.2, -0.15) is 11.8 Å². The fourth-order valence-electron chi connectivity index (χ4n) is 2.57. The predicted octanol–water partition coefficient (Wildman–Crippen LogP) is 3.13. The van der Waals surface area contributed by atoms with E-state index in [2.05, 4.69) is 23.8 Å². The Morgan fingerprint density at radius 1 is 1.32 bits per heavy atom. The van der Waals surface area contributed by atoms with Gasteiger partial charge in [0.05, 0.1) is 0 Å². The van der Waals surface area contributed by atoms with Gasteiger partial charge < -0.3 is 10.6 Å². The van der Waals surface area contributed by atoms with E-state index < -0.39 is 0 Å². The van der Waals surface area contributed by atoms with Crippen LogP contribution < -0.4 is 10.6 Å². The lowest BCUT2D eigenvalue weighted by molar-refractivity contribution is 0.0938. The van der Waals surface area contributed by atoms with Crippen LogP contribution in [0.25, 0.3) is 0 Å². The maximum absolute atomic E-state index is 12.2. The molecule has 1 aromatic carbocycles. The van der Waals surface area contributed by atoms with Gasteiger partial charge in [-0.15, -0.1) is 0 Å². The average Bonchev–Trinajstić information content (AvgIpc) is 2.87. The maximum atomic E-state index is 12.2. The van der Waals surface area contributed by atoms with E-state index in [9.17, 15) is 4.79 Å². The third-order valence-corrected chi connectivity index (χ3v) is 4.77. The lowest BCUT2D eigenvalue weighted by atomic mass is 10.1. The Hall–Kier alpha value is -1.16. The molecule has 2 atom stereocenters. The van der Waals surface area contributed by atoms with Gasteiger partial charge >= 0.3 is 0 Å². The first-order valence-corrected chi connectivity index (χ1v) is 8.21. The van der Waals surface area contributed by atoms with Crippen molar-refractivity contribution in [3.63, 3.8) is 0 Å². The summed E-state index contributed by atoms with van der Waals surface area (Å²) in [5.41, 5.74) is 1.80. The van der Waals surface area contributed by atoms with Gasteiger partial charge in [-0.25, -0.2) is 0 Å². The summed E-state index contributed by atoms with van der Waals surface area (Å²) < 4.78 is 0. The Labute approximate surface area is 119 Å². The monoisotopic (exact) mass is 278 g/mol. The molecule has 1 aliphatic carbocycles. The summed E-state index contributed by atoms with van der Waals surface area (Å²) in [5.74, 6) is 0.0500. The van der Waals surface area contributed by atoms with Gasteiger partial charge in [0.25, 0.3) is 5.91 Å². The molecule has 2 rings (SSSR count). The van der Waals surface area contributed by atoms with Crippen molar-refractivity contribution in [2.24, 2.45) is 0 Å². The number of hydrogen-bond acceptors (Lipinski definition) is 3. The van der Waals surface area contributed by atoms with Crippen molar-refractivity contribution in [1.29, 1.82) is 0 Å². The summed E-state index contributed by atoms with van der Waals surface area (Å²) in [7, 11) is 0. The van der Waals surface area contributed by atoms with E-state index >= 15 is 0 Å². The predicted molar refractivity (Wildman–Crippen MR) is 83.0 cm³/mol. The van der Waals surface area contributed by atoms with Crippen LogP contribution in [0.1, 0.15) is 36.5 Å². The van der Waals surface area contributed by atoms with Crippen LogP contribution in [0.5, 0.6) is 0 Å². The molecule has 1 saturated carbocycles. The van der Waals surface area contributed by atoms with Gasteiger partial charge in [-0.05, 0) is 50.3 Å². The third kappa shape index (κ3) is 3.66. The highest BCUT2D eigenvalue weighted by Crippen LogP contribution is 2.28. The van der Waals surface area contributed by atoms with Crippen LogP contribution in [0.3, 0.4) is 0 Å². The molecule has 1 fully saturated rings. The smallest absolute Gasteiger partial charge is 0.251 e. The Morgan fingerprint density at radius 3 is 2.68 bits per heavy atom. The van der Waals surface area contributed by atoms with Gasteiger partial charge in [-0.3, -0.25) is 4.79 Å².